The SMILES string of the molecule is COc1ccccc1N1CCN(C(=O)C2C3CCC(C3)N2S(=O)(=O)c2ccccc2)CC1. The van der Waals surface area contributed by atoms with Crippen LogP contribution >= 0.6 is 0 Å². The molecular formula is C24H29N3O4S. The first-order chi connectivity index (χ1) is 15.5. The van der Waals surface area contributed by atoms with Gasteiger partial charge < -0.3 is 14.5 Å². The minimum atomic E-state index is -3.71. The predicted octanol–water partition coefficient (Wildman–Crippen LogP) is 2.59. The molecule has 8 heteroatoms. The zero-order valence-corrected chi connectivity index (χ0v) is 19.1. The summed E-state index contributed by atoms with van der Waals surface area (Å²) in [6, 6.07) is 15.7. The van der Waals surface area contributed by atoms with Crippen LogP contribution in [-0.4, -0.2) is 68.9 Å². The molecule has 3 unspecified atom stereocenters. The Kier molecular flexibility index (Phi) is 5.59. The van der Waals surface area contributed by atoms with E-state index >= 15 is 0 Å². The molecule has 0 spiro atoms. The molecule has 0 radical (unpaired) electrons. The number of nitrogens with zero attached hydrogens (tertiary/aromatic N) is 3. The van der Waals surface area contributed by atoms with Gasteiger partial charge in [-0.05, 0) is 49.4 Å². The lowest BCUT2D eigenvalue weighted by Crippen LogP contribution is -2.57. The lowest BCUT2D eigenvalue weighted by Gasteiger charge is -2.40. The minimum Gasteiger partial charge on any atom is -0.495 e. The van der Waals surface area contributed by atoms with Gasteiger partial charge in [-0.25, -0.2) is 8.42 Å². The van der Waals surface area contributed by atoms with Crippen LogP contribution in [0.15, 0.2) is 59.5 Å². The fourth-order valence-corrected chi connectivity index (χ4v) is 7.45. The fourth-order valence-electron chi connectivity index (χ4n) is 5.56. The molecule has 2 saturated heterocycles. The van der Waals surface area contributed by atoms with Crippen molar-refractivity contribution in [2.45, 2.75) is 36.2 Å². The highest BCUT2D eigenvalue weighted by Crippen LogP contribution is 2.46. The lowest BCUT2D eigenvalue weighted by atomic mass is 9.98. The molecule has 3 aliphatic rings. The van der Waals surface area contributed by atoms with Crippen LogP contribution in [0.25, 0.3) is 0 Å². The molecule has 1 saturated carbocycles. The normalized spacial score (nSPS) is 25.8. The van der Waals surface area contributed by atoms with Crippen LogP contribution in [0.5, 0.6) is 5.75 Å². The highest BCUT2D eigenvalue weighted by molar-refractivity contribution is 7.89. The van der Waals surface area contributed by atoms with Gasteiger partial charge >= 0.3 is 0 Å². The summed E-state index contributed by atoms with van der Waals surface area (Å²) >= 11 is 0. The monoisotopic (exact) mass is 455 g/mol. The van der Waals surface area contributed by atoms with Gasteiger partial charge in [0.1, 0.15) is 11.8 Å². The van der Waals surface area contributed by atoms with Gasteiger partial charge in [-0.15, -0.1) is 0 Å². The van der Waals surface area contributed by atoms with Gasteiger partial charge in [0.05, 0.1) is 17.7 Å². The van der Waals surface area contributed by atoms with E-state index in [1.807, 2.05) is 29.2 Å². The molecule has 3 fully saturated rings. The van der Waals surface area contributed by atoms with Crippen molar-refractivity contribution in [2.24, 2.45) is 5.92 Å². The molecule has 2 aromatic carbocycles. The Balaban J connectivity index is 1.34. The van der Waals surface area contributed by atoms with E-state index in [2.05, 4.69) is 4.90 Å². The van der Waals surface area contributed by atoms with Gasteiger partial charge in [-0.3, -0.25) is 4.79 Å². The van der Waals surface area contributed by atoms with Crippen molar-refractivity contribution >= 4 is 21.6 Å². The number of sulfonamides is 1. The Labute approximate surface area is 189 Å². The molecule has 7 nitrogen and oxygen atoms in total. The first-order valence-electron chi connectivity index (χ1n) is 11.3. The highest BCUT2D eigenvalue weighted by Gasteiger charge is 2.55. The second kappa shape index (κ2) is 8.41. The third-order valence-corrected chi connectivity index (χ3v) is 9.06. The summed E-state index contributed by atoms with van der Waals surface area (Å²) in [4.78, 5) is 18.0. The van der Waals surface area contributed by atoms with E-state index in [9.17, 15) is 13.2 Å². The molecule has 0 aromatic heterocycles. The van der Waals surface area contributed by atoms with Crippen LogP contribution in [-0.2, 0) is 14.8 Å². The van der Waals surface area contributed by atoms with Crippen LogP contribution in [0.1, 0.15) is 19.3 Å². The van der Waals surface area contributed by atoms with Crippen LogP contribution in [0, 0.1) is 5.92 Å². The highest BCUT2D eigenvalue weighted by atomic mass is 32.2. The number of anilines is 1. The summed E-state index contributed by atoms with van der Waals surface area (Å²) in [5.74, 6) is 0.884. The Bertz CT molecular complexity index is 1080. The molecule has 32 heavy (non-hydrogen) atoms. The number of methoxy groups -OCH3 is 1. The maximum Gasteiger partial charge on any atom is 0.244 e. The number of carbonyl (C=O) groups is 1. The standard InChI is InChI=1S/C24H29N3O4S/c1-31-22-10-6-5-9-21(22)25-13-15-26(16-14-25)24(28)23-18-11-12-19(17-18)27(23)32(29,30)20-7-3-2-4-8-20/h2-10,18-19,23H,11-17H2,1H3. The number of piperazine rings is 1. The number of hydrogen-bond donors (Lipinski definition) is 0. The summed E-state index contributed by atoms with van der Waals surface area (Å²) in [6.45, 7) is 2.53. The molecule has 0 N–H and O–H groups in total. The van der Waals surface area contributed by atoms with Gasteiger partial charge in [-0.2, -0.15) is 4.31 Å². The topological polar surface area (TPSA) is 70.2 Å². The van der Waals surface area contributed by atoms with Gasteiger partial charge in [-0.1, -0.05) is 30.3 Å². The average molecular weight is 456 g/mol. The first-order valence-corrected chi connectivity index (χ1v) is 12.7. The van der Waals surface area contributed by atoms with Crippen LogP contribution in [0.3, 0.4) is 0 Å². The molecule has 2 bridgehead atoms. The Hall–Kier alpha value is -2.58. The number of hydrogen-bond acceptors (Lipinski definition) is 5. The zero-order chi connectivity index (χ0) is 22.3. The minimum absolute atomic E-state index is 0.0450. The van der Waals surface area contributed by atoms with Crippen molar-refractivity contribution in [3.8, 4) is 5.75 Å². The maximum absolute atomic E-state index is 13.6. The summed E-state index contributed by atoms with van der Waals surface area (Å²) in [5, 5.41) is 0. The van der Waals surface area contributed by atoms with E-state index in [-0.39, 0.29) is 22.8 Å². The second-order valence-corrected chi connectivity index (χ2v) is 10.6. The number of amides is 1. The molecule has 2 aromatic rings. The quantitative estimate of drug-likeness (QED) is 0.693. The Morgan fingerprint density at radius 2 is 1.62 bits per heavy atom. The molecule has 5 rings (SSSR count). The van der Waals surface area contributed by atoms with E-state index in [1.54, 1.807) is 37.4 Å². The largest absolute Gasteiger partial charge is 0.495 e. The first kappa shape index (κ1) is 21.3. The van der Waals surface area contributed by atoms with Gasteiger partial charge in [0, 0.05) is 32.2 Å². The molecule has 1 aliphatic carbocycles. The number of piperidine rings is 1. The van der Waals surface area contributed by atoms with Crippen molar-refractivity contribution in [2.75, 3.05) is 38.2 Å². The van der Waals surface area contributed by atoms with Gasteiger partial charge in [0.25, 0.3) is 0 Å². The Morgan fingerprint density at radius 3 is 2.34 bits per heavy atom. The van der Waals surface area contributed by atoms with E-state index in [0.717, 1.165) is 30.7 Å². The predicted molar refractivity (Wildman–Crippen MR) is 122 cm³/mol. The van der Waals surface area contributed by atoms with Crippen molar-refractivity contribution in [1.82, 2.24) is 9.21 Å². The van der Waals surface area contributed by atoms with E-state index < -0.39 is 16.1 Å². The fraction of sp³-hybridized carbons (Fsp3) is 0.458. The maximum atomic E-state index is 13.6. The summed E-state index contributed by atoms with van der Waals surface area (Å²) in [7, 11) is -2.04. The molecular weight excluding hydrogens is 426 g/mol. The number of benzene rings is 2. The third kappa shape index (κ3) is 3.55. The number of ether oxygens (including phenoxy) is 1. The Morgan fingerprint density at radius 1 is 0.938 bits per heavy atom. The van der Waals surface area contributed by atoms with Crippen molar-refractivity contribution in [3.63, 3.8) is 0 Å². The smallest absolute Gasteiger partial charge is 0.244 e. The van der Waals surface area contributed by atoms with Crippen molar-refractivity contribution < 1.29 is 17.9 Å². The number of para-hydroxylation sites is 2. The van der Waals surface area contributed by atoms with E-state index in [0.29, 0.717) is 26.2 Å². The molecule has 2 aliphatic heterocycles. The summed E-state index contributed by atoms with van der Waals surface area (Å²) in [6.07, 6.45) is 2.54. The molecule has 2 heterocycles. The van der Waals surface area contributed by atoms with Gasteiger partial charge in [0.2, 0.25) is 15.9 Å². The zero-order valence-electron chi connectivity index (χ0n) is 18.3. The lowest BCUT2D eigenvalue weighted by molar-refractivity contribution is -0.137. The molecule has 1 amide bonds. The van der Waals surface area contributed by atoms with Crippen LogP contribution in [0.4, 0.5) is 5.69 Å². The third-order valence-electron chi connectivity index (χ3n) is 7.11. The number of fused-ring (bicyclic) bond motifs is 2. The van der Waals surface area contributed by atoms with Crippen molar-refractivity contribution in [1.29, 1.82) is 0 Å². The van der Waals surface area contributed by atoms with E-state index in [1.165, 1.54) is 4.31 Å². The van der Waals surface area contributed by atoms with Crippen LogP contribution in [0.2, 0.25) is 0 Å². The summed E-state index contributed by atoms with van der Waals surface area (Å²) in [5.41, 5.74) is 1.02. The van der Waals surface area contributed by atoms with Gasteiger partial charge in [0.15, 0.2) is 0 Å². The number of carbonyl (C=O) groups excluding carboxylic acids is 1. The van der Waals surface area contributed by atoms with Crippen LogP contribution < -0.4 is 9.64 Å². The molecule has 3 atom stereocenters. The summed E-state index contributed by atoms with van der Waals surface area (Å²) < 4.78 is 33.9. The van der Waals surface area contributed by atoms with Crippen molar-refractivity contribution in [3.05, 3.63) is 54.6 Å². The average Bonchev–Trinajstić information content (AvgIpc) is 3.46. The molecule has 170 valence electrons. The number of rotatable bonds is 5. The second-order valence-electron chi connectivity index (χ2n) is 8.80. The van der Waals surface area contributed by atoms with E-state index in [4.69, 9.17) is 4.74 Å².